The van der Waals surface area contributed by atoms with E-state index in [-0.39, 0.29) is 24.2 Å². The Bertz CT molecular complexity index is 1170. The fourth-order valence-electron chi connectivity index (χ4n) is 4.53. The number of hydrogen-bond acceptors (Lipinski definition) is 8. The standard InChI is InChI=1S/C32H58N8O8/c1-16(2)12-21(27(33)44)37-23(42)14-35-30(47)26(19(7)8)39-31(48)32(10,11)40-28(45)22(13-17(3)4)38-24(43)15-34-29(46)25(18(5)6)36-20(9)41/h16-19,21-22,25-26H,12-15H2,1-11H3,(H2,33,44)(H,34,46)(H,35,47)(H,36,41)(H,37,42)(H,38,43)(H,39,48)(H,40,45)/t21?,22-,25?,26?/m0/s1. The van der Waals surface area contributed by atoms with Crippen molar-refractivity contribution in [1.82, 2.24) is 37.2 Å². The van der Waals surface area contributed by atoms with Crippen molar-refractivity contribution in [2.45, 2.75) is 119 Å². The van der Waals surface area contributed by atoms with Crippen LogP contribution in [0.3, 0.4) is 0 Å². The number of nitrogens with one attached hydrogen (secondary N) is 7. The molecular weight excluding hydrogens is 624 g/mol. The van der Waals surface area contributed by atoms with Crippen LogP contribution in [0.25, 0.3) is 0 Å². The van der Waals surface area contributed by atoms with Crippen molar-refractivity contribution in [3.05, 3.63) is 0 Å². The van der Waals surface area contributed by atoms with Crippen molar-refractivity contribution in [2.75, 3.05) is 13.1 Å². The molecule has 0 aromatic rings. The van der Waals surface area contributed by atoms with Crippen LogP contribution in [0.15, 0.2) is 0 Å². The molecule has 8 amide bonds. The number of amides is 8. The van der Waals surface area contributed by atoms with E-state index in [4.69, 9.17) is 5.73 Å². The summed E-state index contributed by atoms with van der Waals surface area (Å²) >= 11 is 0. The molecule has 16 nitrogen and oxygen atoms in total. The molecule has 0 aliphatic heterocycles. The van der Waals surface area contributed by atoms with Crippen molar-refractivity contribution < 1.29 is 38.4 Å². The molecule has 0 radical (unpaired) electrons. The summed E-state index contributed by atoms with van der Waals surface area (Å²) in [6, 6.07) is -3.87. The highest BCUT2D eigenvalue weighted by atomic mass is 16.2. The second kappa shape index (κ2) is 20.2. The summed E-state index contributed by atoms with van der Waals surface area (Å²) in [6.45, 7) is 17.5. The van der Waals surface area contributed by atoms with Crippen molar-refractivity contribution in [3.8, 4) is 0 Å². The molecule has 0 rings (SSSR count). The molecule has 0 saturated heterocycles. The van der Waals surface area contributed by atoms with Crippen LogP contribution in [0.2, 0.25) is 0 Å². The minimum atomic E-state index is -1.54. The maximum absolute atomic E-state index is 13.3. The van der Waals surface area contributed by atoms with Crippen molar-refractivity contribution in [3.63, 3.8) is 0 Å². The summed E-state index contributed by atoms with van der Waals surface area (Å²) in [4.78, 5) is 100. The van der Waals surface area contributed by atoms with Gasteiger partial charge in [0.1, 0.15) is 29.7 Å². The summed E-state index contributed by atoms with van der Waals surface area (Å²) in [6.07, 6.45) is 0.550. The molecule has 0 heterocycles. The van der Waals surface area contributed by atoms with E-state index in [1.165, 1.54) is 20.8 Å². The number of hydrogen-bond donors (Lipinski definition) is 8. The number of carbonyl (C=O) groups is 8. The molecule has 0 fully saturated rings. The molecule has 3 unspecified atom stereocenters. The predicted octanol–water partition coefficient (Wildman–Crippen LogP) is -1.04. The molecule has 9 N–H and O–H groups in total. The zero-order chi connectivity index (χ0) is 37.5. The van der Waals surface area contributed by atoms with Crippen molar-refractivity contribution >= 4 is 47.3 Å². The van der Waals surface area contributed by atoms with Gasteiger partial charge in [0.25, 0.3) is 0 Å². The second-order valence-corrected chi connectivity index (χ2v) is 14.1. The second-order valence-electron chi connectivity index (χ2n) is 14.1. The van der Waals surface area contributed by atoms with E-state index < -0.39 is 96.0 Å². The van der Waals surface area contributed by atoms with Gasteiger partial charge >= 0.3 is 0 Å². The first-order valence-corrected chi connectivity index (χ1v) is 16.3. The van der Waals surface area contributed by atoms with Gasteiger partial charge in [-0.2, -0.15) is 0 Å². The minimum absolute atomic E-state index is 0.0347. The van der Waals surface area contributed by atoms with E-state index in [9.17, 15) is 38.4 Å². The summed E-state index contributed by atoms with van der Waals surface area (Å²) in [5, 5.41) is 17.8. The van der Waals surface area contributed by atoms with Crippen LogP contribution < -0.4 is 43.0 Å². The Labute approximate surface area is 284 Å². The fraction of sp³-hybridized carbons (Fsp3) is 0.750. The van der Waals surface area contributed by atoms with Gasteiger partial charge in [-0.3, -0.25) is 38.4 Å². The summed E-state index contributed by atoms with van der Waals surface area (Å²) < 4.78 is 0. The molecule has 0 spiro atoms. The molecule has 0 aromatic heterocycles. The fourth-order valence-corrected chi connectivity index (χ4v) is 4.53. The molecule has 274 valence electrons. The van der Waals surface area contributed by atoms with Crippen LogP contribution in [-0.4, -0.2) is 90.1 Å². The lowest BCUT2D eigenvalue weighted by Crippen LogP contribution is -2.63. The molecule has 0 aromatic carbocycles. The third-order valence-corrected chi connectivity index (χ3v) is 7.14. The Morgan fingerprint density at radius 1 is 0.583 bits per heavy atom. The number of rotatable bonds is 20. The molecule has 16 heteroatoms. The molecule has 4 atom stereocenters. The largest absolute Gasteiger partial charge is 0.368 e. The van der Waals surface area contributed by atoms with Gasteiger partial charge in [-0.1, -0.05) is 55.4 Å². The van der Waals surface area contributed by atoms with Gasteiger partial charge < -0.3 is 43.0 Å². The highest BCUT2D eigenvalue weighted by molar-refractivity contribution is 5.97. The van der Waals surface area contributed by atoms with Crippen molar-refractivity contribution in [1.29, 1.82) is 0 Å². The van der Waals surface area contributed by atoms with E-state index in [1.54, 1.807) is 27.7 Å². The van der Waals surface area contributed by atoms with Gasteiger partial charge in [0.05, 0.1) is 13.1 Å². The van der Waals surface area contributed by atoms with E-state index in [0.29, 0.717) is 6.42 Å². The van der Waals surface area contributed by atoms with Crippen LogP contribution in [0.4, 0.5) is 0 Å². The first kappa shape index (κ1) is 43.8. The van der Waals surface area contributed by atoms with Crippen LogP contribution in [0, 0.1) is 23.7 Å². The Kier molecular flexibility index (Phi) is 18.4. The van der Waals surface area contributed by atoms with Gasteiger partial charge in [0.2, 0.25) is 47.3 Å². The lowest BCUT2D eigenvalue weighted by atomic mass is 9.97. The van der Waals surface area contributed by atoms with Gasteiger partial charge in [0.15, 0.2) is 0 Å². The number of nitrogens with two attached hydrogens (primary N) is 1. The monoisotopic (exact) mass is 682 g/mol. The summed E-state index contributed by atoms with van der Waals surface area (Å²) in [7, 11) is 0. The molecular formula is C32H58N8O8. The van der Waals surface area contributed by atoms with E-state index in [1.807, 2.05) is 27.7 Å². The summed E-state index contributed by atoms with van der Waals surface area (Å²) in [5.41, 5.74) is 3.83. The van der Waals surface area contributed by atoms with E-state index in [2.05, 4.69) is 37.2 Å². The molecule has 0 aliphatic rings. The van der Waals surface area contributed by atoms with Gasteiger partial charge in [0, 0.05) is 6.92 Å². The van der Waals surface area contributed by atoms with E-state index >= 15 is 0 Å². The first-order valence-electron chi connectivity index (χ1n) is 16.3. The van der Waals surface area contributed by atoms with Crippen LogP contribution in [0.5, 0.6) is 0 Å². The van der Waals surface area contributed by atoms with Crippen LogP contribution in [-0.2, 0) is 38.4 Å². The average molecular weight is 683 g/mol. The number of carbonyl (C=O) groups excluding carboxylic acids is 8. The highest BCUT2D eigenvalue weighted by Crippen LogP contribution is 2.11. The van der Waals surface area contributed by atoms with E-state index in [0.717, 1.165) is 0 Å². The quantitative estimate of drug-likeness (QED) is 0.0786. The third kappa shape index (κ3) is 16.5. The molecule has 0 saturated carbocycles. The number of primary amides is 1. The SMILES string of the molecule is CC(=O)NC(C(=O)NCC(=O)N[C@@H](CC(C)C)C(=O)NC(C)(C)C(=O)NC(C(=O)NCC(=O)NC(CC(C)C)C(N)=O)C(C)C)C(C)C. The van der Waals surface area contributed by atoms with Crippen LogP contribution >= 0.6 is 0 Å². The minimum Gasteiger partial charge on any atom is -0.368 e. The molecule has 0 bridgehead atoms. The smallest absolute Gasteiger partial charge is 0.245 e. The Morgan fingerprint density at radius 3 is 1.35 bits per heavy atom. The van der Waals surface area contributed by atoms with Gasteiger partial charge in [-0.25, -0.2) is 0 Å². The Morgan fingerprint density at radius 2 is 0.979 bits per heavy atom. The Balaban J connectivity index is 5.45. The summed E-state index contributed by atoms with van der Waals surface area (Å²) in [5.74, 6) is -5.51. The zero-order valence-corrected chi connectivity index (χ0v) is 30.3. The van der Waals surface area contributed by atoms with Crippen LogP contribution in [0.1, 0.15) is 89.0 Å². The Hall–Kier alpha value is -4.24. The molecule has 0 aliphatic carbocycles. The average Bonchev–Trinajstić information content (AvgIpc) is 2.94. The van der Waals surface area contributed by atoms with Crippen molar-refractivity contribution in [2.24, 2.45) is 29.4 Å². The lowest BCUT2D eigenvalue weighted by molar-refractivity contribution is -0.137. The normalized spacial score (nSPS) is 14.0. The highest BCUT2D eigenvalue weighted by Gasteiger charge is 2.36. The zero-order valence-electron chi connectivity index (χ0n) is 30.3. The lowest BCUT2D eigenvalue weighted by Gasteiger charge is -2.31. The third-order valence-electron chi connectivity index (χ3n) is 7.14. The molecule has 48 heavy (non-hydrogen) atoms. The van der Waals surface area contributed by atoms with Gasteiger partial charge in [-0.05, 0) is 50.4 Å². The van der Waals surface area contributed by atoms with Gasteiger partial charge in [-0.15, -0.1) is 0 Å². The topological polar surface area (TPSA) is 247 Å². The predicted molar refractivity (Wildman–Crippen MR) is 179 cm³/mol. The maximum atomic E-state index is 13.3. The first-order chi connectivity index (χ1) is 22.0. The maximum Gasteiger partial charge on any atom is 0.245 e.